The molecular weight excluding hydrogens is 268 g/mol. The van der Waals surface area contributed by atoms with Crippen LogP contribution in [0.5, 0.6) is 0 Å². The summed E-state index contributed by atoms with van der Waals surface area (Å²) in [5.41, 5.74) is 6.95. The topological polar surface area (TPSA) is 63.8 Å². The molecule has 0 atom stereocenters. The highest BCUT2D eigenvalue weighted by atomic mass is 35.5. The second-order valence-electron chi connectivity index (χ2n) is 3.60. The Balaban J connectivity index is 2.02. The van der Waals surface area contributed by atoms with Crippen LogP contribution < -0.4 is 11.1 Å². The molecule has 0 aliphatic carbocycles. The molecule has 0 aliphatic rings. The Morgan fingerprint density at radius 2 is 2.06 bits per heavy atom. The van der Waals surface area contributed by atoms with E-state index >= 15 is 0 Å². The average molecular weight is 279 g/mol. The van der Waals surface area contributed by atoms with Gasteiger partial charge in [0.2, 0.25) is 0 Å². The van der Waals surface area contributed by atoms with Crippen molar-refractivity contribution in [3.8, 4) is 0 Å². The number of nitrogens with one attached hydrogen (secondary N) is 1. The Hall–Kier alpha value is -1.72. The van der Waals surface area contributed by atoms with Gasteiger partial charge >= 0.3 is 0 Å². The summed E-state index contributed by atoms with van der Waals surface area (Å²) >= 11 is 10.8. The maximum atomic E-state index is 6.05. The number of nitrogens with two attached hydrogens (primary N) is 1. The molecule has 0 saturated carbocycles. The fourth-order valence-electron chi connectivity index (χ4n) is 1.37. The molecule has 0 unspecified atom stereocenters. The van der Waals surface area contributed by atoms with Crippen LogP contribution in [0.4, 0.5) is 5.82 Å². The third-order valence-electron chi connectivity index (χ3n) is 2.32. The second-order valence-corrected chi connectivity index (χ2v) is 4.44. The Labute approximate surface area is 115 Å². The molecule has 18 heavy (non-hydrogen) atoms. The molecule has 1 aromatic carbocycles. The van der Waals surface area contributed by atoms with Gasteiger partial charge in [-0.1, -0.05) is 42.0 Å². The number of anilines is 1. The smallest absolute Gasteiger partial charge is 0.144 e. The van der Waals surface area contributed by atoms with Crippen LogP contribution in [0.3, 0.4) is 0 Å². The Kier molecular flexibility index (Phi) is 4.07. The van der Waals surface area contributed by atoms with Crippen LogP contribution in [0.2, 0.25) is 5.02 Å². The number of thiocarbonyl (C=S) groups is 1. The number of hydrogen-bond donors (Lipinski definition) is 2. The quantitative estimate of drug-likeness (QED) is 0.841. The van der Waals surface area contributed by atoms with Crippen molar-refractivity contribution in [2.75, 3.05) is 5.32 Å². The fourth-order valence-corrected chi connectivity index (χ4v) is 1.68. The lowest BCUT2D eigenvalue weighted by molar-refractivity contribution is 1.08. The van der Waals surface area contributed by atoms with Gasteiger partial charge in [0.05, 0.1) is 12.4 Å². The lowest BCUT2D eigenvalue weighted by atomic mass is 10.2. The summed E-state index contributed by atoms with van der Waals surface area (Å²) in [5.74, 6) is 0.648. The van der Waals surface area contributed by atoms with E-state index in [-0.39, 0.29) is 4.99 Å². The van der Waals surface area contributed by atoms with Gasteiger partial charge in [0.1, 0.15) is 16.5 Å². The Morgan fingerprint density at radius 1 is 1.28 bits per heavy atom. The molecule has 1 heterocycles. The third kappa shape index (κ3) is 3.15. The van der Waals surface area contributed by atoms with Gasteiger partial charge in [0.15, 0.2) is 0 Å². The molecule has 92 valence electrons. The number of nitrogens with zero attached hydrogens (tertiary/aromatic N) is 2. The molecule has 1 aromatic heterocycles. The largest absolute Gasteiger partial charge is 0.388 e. The number of benzene rings is 1. The molecule has 0 fully saturated rings. The van der Waals surface area contributed by atoms with Gasteiger partial charge in [0, 0.05) is 11.6 Å². The van der Waals surface area contributed by atoms with Gasteiger partial charge in [-0.2, -0.15) is 0 Å². The highest BCUT2D eigenvalue weighted by Crippen LogP contribution is 2.15. The molecule has 3 N–H and O–H groups in total. The van der Waals surface area contributed by atoms with Crippen LogP contribution in [0.25, 0.3) is 0 Å². The number of hydrogen-bond acceptors (Lipinski definition) is 4. The van der Waals surface area contributed by atoms with Gasteiger partial charge in [-0.3, -0.25) is 0 Å². The standard InChI is InChI=1S/C12H11ClN4S/c13-9-4-2-1-3-8(9)5-16-11-7-15-10(6-17-11)12(14)18/h1-4,6-7H,5H2,(H2,14,18)(H,16,17). The molecule has 2 aromatic rings. The highest BCUT2D eigenvalue weighted by Gasteiger charge is 2.01. The zero-order valence-corrected chi connectivity index (χ0v) is 11.0. The summed E-state index contributed by atoms with van der Waals surface area (Å²) in [6, 6.07) is 7.62. The summed E-state index contributed by atoms with van der Waals surface area (Å²) in [6.45, 7) is 0.584. The zero-order valence-electron chi connectivity index (χ0n) is 9.43. The van der Waals surface area contributed by atoms with Crippen molar-refractivity contribution in [3.05, 3.63) is 52.9 Å². The SMILES string of the molecule is NC(=S)c1cnc(NCc2ccccc2Cl)cn1. The minimum atomic E-state index is 0.236. The van der Waals surface area contributed by atoms with E-state index < -0.39 is 0 Å². The lowest BCUT2D eigenvalue weighted by Crippen LogP contribution is -2.12. The Bertz CT molecular complexity index is 556. The van der Waals surface area contributed by atoms with Crippen LogP contribution in [-0.4, -0.2) is 15.0 Å². The summed E-state index contributed by atoms with van der Waals surface area (Å²) in [7, 11) is 0. The minimum Gasteiger partial charge on any atom is -0.388 e. The van der Waals surface area contributed by atoms with Crippen molar-refractivity contribution in [1.82, 2.24) is 9.97 Å². The Morgan fingerprint density at radius 3 is 2.67 bits per heavy atom. The van der Waals surface area contributed by atoms with Crippen molar-refractivity contribution in [3.63, 3.8) is 0 Å². The number of aromatic nitrogens is 2. The van der Waals surface area contributed by atoms with Gasteiger partial charge in [0.25, 0.3) is 0 Å². The van der Waals surface area contributed by atoms with Crippen LogP contribution >= 0.6 is 23.8 Å². The first kappa shape index (κ1) is 12.7. The molecule has 4 nitrogen and oxygen atoms in total. The van der Waals surface area contributed by atoms with Gasteiger partial charge in [-0.25, -0.2) is 9.97 Å². The van der Waals surface area contributed by atoms with Gasteiger partial charge in [-0.05, 0) is 11.6 Å². The van der Waals surface area contributed by atoms with Gasteiger partial charge in [-0.15, -0.1) is 0 Å². The molecule has 0 spiro atoms. The monoisotopic (exact) mass is 278 g/mol. The molecule has 0 saturated heterocycles. The molecule has 2 rings (SSSR count). The van der Waals surface area contributed by atoms with Crippen molar-refractivity contribution >= 4 is 34.6 Å². The van der Waals surface area contributed by atoms with E-state index in [0.717, 1.165) is 10.6 Å². The average Bonchev–Trinajstić information content (AvgIpc) is 2.38. The number of halogens is 1. The predicted molar refractivity (Wildman–Crippen MR) is 76.7 cm³/mol. The van der Waals surface area contributed by atoms with Crippen molar-refractivity contribution < 1.29 is 0 Å². The van der Waals surface area contributed by atoms with Crippen molar-refractivity contribution in [2.24, 2.45) is 5.73 Å². The molecular formula is C12H11ClN4S. The predicted octanol–water partition coefficient (Wildman–Crippen LogP) is 2.38. The second kappa shape index (κ2) is 5.75. The van der Waals surface area contributed by atoms with E-state index in [1.807, 2.05) is 24.3 Å². The summed E-state index contributed by atoms with van der Waals surface area (Å²) < 4.78 is 0. The maximum absolute atomic E-state index is 6.05. The summed E-state index contributed by atoms with van der Waals surface area (Å²) in [5, 5.41) is 3.85. The minimum absolute atomic E-state index is 0.236. The van der Waals surface area contributed by atoms with Crippen LogP contribution in [-0.2, 0) is 6.54 Å². The first-order valence-corrected chi connectivity index (χ1v) is 6.04. The summed E-state index contributed by atoms with van der Waals surface area (Å²) in [4.78, 5) is 8.49. The van der Waals surface area contributed by atoms with Crippen molar-refractivity contribution in [2.45, 2.75) is 6.54 Å². The van der Waals surface area contributed by atoms with E-state index in [0.29, 0.717) is 18.1 Å². The normalized spacial score (nSPS) is 10.1. The summed E-state index contributed by atoms with van der Waals surface area (Å²) in [6.07, 6.45) is 3.13. The first-order valence-electron chi connectivity index (χ1n) is 5.26. The molecule has 0 bridgehead atoms. The van der Waals surface area contributed by atoms with Crippen LogP contribution in [0, 0.1) is 0 Å². The molecule has 6 heteroatoms. The van der Waals surface area contributed by atoms with E-state index in [9.17, 15) is 0 Å². The molecule has 0 amide bonds. The van der Waals surface area contributed by atoms with E-state index in [2.05, 4.69) is 15.3 Å². The molecule has 0 radical (unpaired) electrons. The lowest BCUT2D eigenvalue weighted by Gasteiger charge is -2.07. The third-order valence-corrected chi connectivity index (χ3v) is 2.90. The van der Waals surface area contributed by atoms with Crippen LogP contribution in [0.15, 0.2) is 36.7 Å². The van der Waals surface area contributed by atoms with Crippen LogP contribution in [0.1, 0.15) is 11.3 Å². The van der Waals surface area contributed by atoms with E-state index in [4.69, 9.17) is 29.6 Å². The zero-order chi connectivity index (χ0) is 13.0. The van der Waals surface area contributed by atoms with E-state index in [1.165, 1.54) is 6.20 Å². The maximum Gasteiger partial charge on any atom is 0.144 e. The highest BCUT2D eigenvalue weighted by molar-refractivity contribution is 7.80. The first-order chi connectivity index (χ1) is 8.66. The number of rotatable bonds is 4. The van der Waals surface area contributed by atoms with E-state index in [1.54, 1.807) is 6.20 Å². The fraction of sp³-hybridized carbons (Fsp3) is 0.0833. The van der Waals surface area contributed by atoms with Gasteiger partial charge < -0.3 is 11.1 Å². The van der Waals surface area contributed by atoms with Crippen molar-refractivity contribution in [1.29, 1.82) is 0 Å². The molecule has 0 aliphatic heterocycles.